The molecule has 0 saturated heterocycles. The molecule has 5 nitrogen and oxygen atoms in total. The number of amides is 1. The summed E-state index contributed by atoms with van der Waals surface area (Å²) in [4.78, 5) is 13.7. The standard InChI is InChI=1S/C21H23NO4S/c1-24-17-12-14(13-18(25-2)21(17)26-3)8-9-20(23)22-16-10-11-27-19-7-5-4-6-15(16)19/h4-9,12-13,16H,10-11H2,1-3H3,(H,22,23)/b9-8+/t16-/m0/s1. The summed E-state index contributed by atoms with van der Waals surface area (Å²) in [6, 6.07) is 11.9. The van der Waals surface area contributed by atoms with Gasteiger partial charge in [0.15, 0.2) is 11.5 Å². The molecule has 1 N–H and O–H groups in total. The maximum Gasteiger partial charge on any atom is 0.244 e. The average molecular weight is 385 g/mol. The summed E-state index contributed by atoms with van der Waals surface area (Å²) < 4.78 is 16.0. The lowest BCUT2D eigenvalue weighted by Gasteiger charge is -2.25. The van der Waals surface area contributed by atoms with Crippen LogP contribution in [0.2, 0.25) is 0 Å². The van der Waals surface area contributed by atoms with Crippen LogP contribution in [0.3, 0.4) is 0 Å². The second-order valence-electron chi connectivity index (χ2n) is 6.03. The number of methoxy groups -OCH3 is 3. The molecule has 142 valence electrons. The van der Waals surface area contributed by atoms with E-state index >= 15 is 0 Å². The van der Waals surface area contributed by atoms with Gasteiger partial charge >= 0.3 is 0 Å². The van der Waals surface area contributed by atoms with E-state index in [-0.39, 0.29) is 11.9 Å². The predicted molar refractivity (Wildman–Crippen MR) is 108 cm³/mol. The zero-order valence-electron chi connectivity index (χ0n) is 15.7. The zero-order chi connectivity index (χ0) is 19.2. The minimum absolute atomic E-state index is 0.0412. The Bertz CT molecular complexity index is 825. The predicted octanol–water partition coefficient (Wildman–Crippen LogP) is 4.08. The second-order valence-corrected chi connectivity index (χ2v) is 7.16. The first-order chi connectivity index (χ1) is 13.2. The fraction of sp³-hybridized carbons (Fsp3) is 0.286. The maximum atomic E-state index is 12.4. The van der Waals surface area contributed by atoms with E-state index in [2.05, 4.69) is 17.4 Å². The van der Waals surface area contributed by atoms with Crippen molar-refractivity contribution in [3.8, 4) is 17.2 Å². The monoisotopic (exact) mass is 385 g/mol. The third-order valence-corrected chi connectivity index (χ3v) is 5.51. The van der Waals surface area contributed by atoms with Crippen LogP contribution < -0.4 is 19.5 Å². The summed E-state index contributed by atoms with van der Waals surface area (Å²) in [6.07, 6.45) is 4.19. The number of carbonyl (C=O) groups excluding carboxylic acids is 1. The molecule has 0 saturated carbocycles. The van der Waals surface area contributed by atoms with Crippen molar-refractivity contribution in [1.82, 2.24) is 5.32 Å². The third kappa shape index (κ3) is 4.39. The van der Waals surface area contributed by atoms with Gasteiger partial charge in [0.05, 0.1) is 27.4 Å². The van der Waals surface area contributed by atoms with Crippen LogP contribution in [0.15, 0.2) is 47.4 Å². The van der Waals surface area contributed by atoms with Crippen LogP contribution in [0.5, 0.6) is 17.2 Å². The Morgan fingerprint density at radius 2 is 1.81 bits per heavy atom. The van der Waals surface area contributed by atoms with Crippen LogP contribution in [0, 0.1) is 0 Å². The van der Waals surface area contributed by atoms with Crippen molar-refractivity contribution in [1.29, 1.82) is 0 Å². The van der Waals surface area contributed by atoms with Gasteiger partial charge in [-0.1, -0.05) is 18.2 Å². The van der Waals surface area contributed by atoms with E-state index in [0.717, 1.165) is 17.7 Å². The number of hydrogen-bond acceptors (Lipinski definition) is 5. The number of rotatable bonds is 6. The van der Waals surface area contributed by atoms with Gasteiger partial charge in [-0.2, -0.15) is 0 Å². The molecule has 1 aliphatic rings. The molecule has 0 fully saturated rings. The number of thioether (sulfide) groups is 1. The molecule has 0 unspecified atom stereocenters. The van der Waals surface area contributed by atoms with Crippen LogP contribution in [0.1, 0.15) is 23.6 Å². The van der Waals surface area contributed by atoms with Crippen LogP contribution in [-0.4, -0.2) is 33.0 Å². The fourth-order valence-corrected chi connectivity index (χ4v) is 4.21. The van der Waals surface area contributed by atoms with Crippen molar-refractivity contribution < 1.29 is 19.0 Å². The second kappa shape index (κ2) is 8.86. The molecule has 0 radical (unpaired) electrons. The quantitative estimate of drug-likeness (QED) is 0.760. The Labute approximate surface area is 163 Å². The normalized spacial score (nSPS) is 15.9. The third-order valence-electron chi connectivity index (χ3n) is 4.39. The molecule has 1 aliphatic heterocycles. The number of ether oxygens (including phenoxy) is 3. The van der Waals surface area contributed by atoms with E-state index in [1.807, 2.05) is 23.9 Å². The van der Waals surface area contributed by atoms with Gasteiger partial charge in [-0.05, 0) is 41.8 Å². The molecule has 0 bridgehead atoms. The molecular formula is C21H23NO4S. The molecule has 3 rings (SSSR count). The van der Waals surface area contributed by atoms with Crippen LogP contribution in [0.4, 0.5) is 0 Å². The summed E-state index contributed by atoms with van der Waals surface area (Å²) in [5, 5.41) is 3.10. The highest BCUT2D eigenvalue weighted by molar-refractivity contribution is 7.99. The molecule has 0 spiro atoms. The Hall–Kier alpha value is -2.60. The Balaban J connectivity index is 1.74. The first kappa shape index (κ1) is 19.2. The minimum atomic E-state index is -0.129. The van der Waals surface area contributed by atoms with Gasteiger partial charge in [-0.15, -0.1) is 11.8 Å². The van der Waals surface area contributed by atoms with Crippen LogP contribution >= 0.6 is 11.8 Å². The fourth-order valence-electron chi connectivity index (χ4n) is 3.08. The smallest absolute Gasteiger partial charge is 0.244 e. The summed E-state index contributed by atoms with van der Waals surface area (Å²) in [7, 11) is 4.69. The lowest BCUT2D eigenvalue weighted by atomic mass is 10.0. The van der Waals surface area contributed by atoms with Crippen molar-refractivity contribution >= 4 is 23.7 Å². The highest BCUT2D eigenvalue weighted by Gasteiger charge is 2.21. The molecule has 2 aromatic rings. The van der Waals surface area contributed by atoms with Gasteiger partial charge in [0, 0.05) is 16.7 Å². The molecule has 6 heteroatoms. The zero-order valence-corrected chi connectivity index (χ0v) is 16.5. The molecule has 0 aliphatic carbocycles. The maximum absolute atomic E-state index is 12.4. The van der Waals surface area contributed by atoms with Gasteiger partial charge in [-0.3, -0.25) is 4.79 Å². The topological polar surface area (TPSA) is 56.8 Å². The van der Waals surface area contributed by atoms with Crippen LogP contribution in [0.25, 0.3) is 6.08 Å². The van der Waals surface area contributed by atoms with Crippen molar-refractivity contribution in [2.24, 2.45) is 0 Å². The largest absolute Gasteiger partial charge is 0.493 e. The van der Waals surface area contributed by atoms with Gasteiger partial charge in [0.2, 0.25) is 11.7 Å². The molecular weight excluding hydrogens is 362 g/mol. The van der Waals surface area contributed by atoms with E-state index in [1.54, 1.807) is 39.5 Å². The Morgan fingerprint density at radius 1 is 1.11 bits per heavy atom. The minimum Gasteiger partial charge on any atom is -0.493 e. The van der Waals surface area contributed by atoms with Gasteiger partial charge < -0.3 is 19.5 Å². The highest BCUT2D eigenvalue weighted by atomic mass is 32.2. The van der Waals surface area contributed by atoms with Crippen LogP contribution in [-0.2, 0) is 4.79 Å². The number of nitrogens with one attached hydrogen (secondary N) is 1. The first-order valence-electron chi connectivity index (χ1n) is 8.66. The SMILES string of the molecule is COc1cc(/C=C/C(=O)N[C@H]2CCSc3ccccc32)cc(OC)c1OC. The van der Waals surface area contributed by atoms with E-state index in [0.29, 0.717) is 17.2 Å². The number of carbonyl (C=O) groups is 1. The molecule has 1 amide bonds. The number of benzene rings is 2. The van der Waals surface area contributed by atoms with E-state index in [4.69, 9.17) is 14.2 Å². The lowest BCUT2D eigenvalue weighted by molar-refractivity contribution is -0.117. The molecule has 27 heavy (non-hydrogen) atoms. The summed E-state index contributed by atoms with van der Waals surface area (Å²) in [5.41, 5.74) is 1.97. The first-order valence-corrected chi connectivity index (χ1v) is 9.65. The molecule has 1 atom stereocenters. The van der Waals surface area contributed by atoms with Crippen molar-refractivity contribution in [3.05, 3.63) is 53.6 Å². The van der Waals surface area contributed by atoms with E-state index in [9.17, 15) is 4.79 Å². The Morgan fingerprint density at radius 3 is 2.48 bits per heavy atom. The molecule has 1 heterocycles. The van der Waals surface area contributed by atoms with Gasteiger partial charge in [-0.25, -0.2) is 0 Å². The highest BCUT2D eigenvalue weighted by Crippen LogP contribution is 2.38. The van der Waals surface area contributed by atoms with Crippen molar-refractivity contribution in [2.45, 2.75) is 17.4 Å². The van der Waals surface area contributed by atoms with E-state index < -0.39 is 0 Å². The summed E-state index contributed by atoms with van der Waals surface area (Å²) in [6.45, 7) is 0. The van der Waals surface area contributed by atoms with E-state index in [1.165, 1.54) is 16.5 Å². The summed E-state index contributed by atoms with van der Waals surface area (Å²) >= 11 is 1.83. The molecule has 2 aromatic carbocycles. The Kier molecular flexibility index (Phi) is 6.29. The van der Waals surface area contributed by atoms with Crippen molar-refractivity contribution in [3.63, 3.8) is 0 Å². The van der Waals surface area contributed by atoms with Crippen molar-refractivity contribution in [2.75, 3.05) is 27.1 Å². The van der Waals surface area contributed by atoms with Gasteiger partial charge in [0.25, 0.3) is 0 Å². The average Bonchev–Trinajstić information content (AvgIpc) is 2.71. The summed E-state index contributed by atoms with van der Waals surface area (Å²) in [5.74, 6) is 2.50. The van der Waals surface area contributed by atoms with Gasteiger partial charge in [0.1, 0.15) is 0 Å². The lowest BCUT2D eigenvalue weighted by Crippen LogP contribution is -2.29. The number of hydrogen-bond donors (Lipinski definition) is 1. The molecule has 0 aromatic heterocycles. The number of fused-ring (bicyclic) bond motifs is 1.